The molecule has 0 atom stereocenters. The molecule has 0 bridgehead atoms. The van der Waals surface area contributed by atoms with Crippen LogP contribution in [0.3, 0.4) is 0 Å². The lowest BCUT2D eigenvalue weighted by Crippen LogP contribution is -1.98. The Morgan fingerprint density at radius 1 is 0.429 bits per heavy atom. The summed E-state index contributed by atoms with van der Waals surface area (Å²) in [6, 6.07) is 66.8. The molecule has 1 aromatic heterocycles. The molecule has 49 heavy (non-hydrogen) atoms. The van der Waals surface area contributed by atoms with Crippen LogP contribution in [0.2, 0.25) is 0 Å². The highest BCUT2D eigenvalue weighted by molar-refractivity contribution is 6.24. The van der Waals surface area contributed by atoms with E-state index in [2.05, 4.69) is 199 Å². The van der Waals surface area contributed by atoms with E-state index in [0.29, 0.717) is 0 Å². The summed E-state index contributed by atoms with van der Waals surface area (Å²) in [5.41, 5.74) is 11.4. The number of hydrogen-bond acceptors (Lipinski definition) is 1. The third-order valence-corrected chi connectivity index (χ3v) is 9.39. The Balaban J connectivity index is 1.18. The van der Waals surface area contributed by atoms with Crippen LogP contribution < -0.4 is 0 Å². The summed E-state index contributed by atoms with van der Waals surface area (Å²) in [4.78, 5) is 5.43. The number of rotatable bonds is 6. The van der Waals surface area contributed by atoms with Crippen molar-refractivity contribution in [3.8, 4) is 28.2 Å². The second kappa shape index (κ2) is 12.3. The number of nitrogens with zero attached hydrogens (tertiary/aromatic N) is 2. The largest absolute Gasteiger partial charge is 0.292 e. The van der Waals surface area contributed by atoms with Gasteiger partial charge in [0.15, 0.2) is 0 Å². The number of imidazole rings is 1. The van der Waals surface area contributed by atoms with Crippen LogP contribution in [0, 0.1) is 0 Å². The fraction of sp³-hybridized carbons (Fsp3) is 0. The van der Waals surface area contributed by atoms with E-state index in [0.717, 1.165) is 44.6 Å². The maximum absolute atomic E-state index is 5.43. The van der Waals surface area contributed by atoms with Crippen molar-refractivity contribution in [2.24, 2.45) is 0 Å². The Morgan fingerprint density at radius 3 is 1.61 bits per heavy atom. The lowest BCUT2D eigenvalue weighted by atomic mass is 9.95. The van der Waals surface area contributed by atoms with Crippen molar-refractivity contribution in [2.45, 2.75) is 0 Å². The van der Waals surface area contributed by atoms with E-state index >= 15 is 0 Å². The molecular weight excluding hydrogens is 593 g/mol. The zero-order valence-electron chi connectivity index (χ0n) is 26.9. The molecule has 230 valence electrons. The van der Waals surface area contributed by atoms with Gasteiger partial charge in [-0.3, -0.25) is 4.57 Å². The highest BCUT2D eigenvalue weighted by Crippen LogP contribution is 2.39. The standard InChI is InChI=1S/C47H32N2/c1-4-15-35(16-5-1)44(36-17-6-2-7-18-36)31-33-27-29-34(30-28-33)37-19-14-20-38(32-37)47-48-45-42-25-12-10-23-40(42)41-24-11-13-26-43(41)46(45)49(47)39-21-8-3-9-22-39/h1-32H. The average molecular weight is 625 g/mol. The highest BCUT2D eigenvalue weighted by atomic mass is 15.1. The van der Waals surface area contributed by atoms with E-state index in [4.69, 9.17) is 4.98 Å². The molecular formula is C47H32N2. The monoisotopic (exact) mass is 624 g/mol. The minimum absolute atomic E-state index is 0.930. The van der Waals surface area contributed by atoms with Crippen molar-refractivity contribution in [1.82, 2.24) is 9.55 Å². The lowest BCUT2D eigenvalue weighted by molar-refractivity contribution is 1.11. The van der Waals surface area contributed by atoms with Crippen LogP contribution in [0.5, 0.6) is 0 Å². The van der Waals surface area contributed by atoms with E-state index < -0.39 is 0 Å². The van der Waals surface area contributed by atoms with Crippen molar-refractivity contribution < 1.29 is 0 Å². The molecule has 0 aliphatic heterocycles. The Morgan fingerprint density at radius 2 is 0.959 bits per heavy atom. The number of para-hydroxylation sites is 1. The Kier molecular flexibility index (Phi) is 7.18. The molecule has 0 fully saturated rings. The zero-order valence-corrected chi connectivity index (χ0v) is 26.9. The Hall–Kier alpha value is -6.51. The lowest BCUT2D eigenvalue weighted by Gasteiger charge is -2.13. The molecule has 8 aromatic carbocycles. The summed E-state index contributed by atoms with van der Waals surface area (Å²) >= 11 is 0. The molecule has 0 radical (unpaired) electrons. The van der Waals surface area contributed by atoms with Crippen LogP contribution >= 0.6 is 0 Å². The van der Waals surface area contributed by atoms with Gasteiger partial charge in [0.25, 0.3) is 0 Å². The van der Waals surface area contributed by atoms with Gasteiger partial charge in [0, 0.05) is 22.0 Å². The average Bonchev–Trinajstić information content (AvgIpc) is 3.60. The van der Waals surface area contributed by atoms with E-state index in [-0.39, 0.29) is 0 Å². The first kappa shape index (κ1) is 28.7. The van der Waals surface area contributed by atoms with E-state index in [1.54, 1.807) is 0 Å². The molecule has 9 aromatic rings. The van der Waals surface area contributed by atoms with Crippen molar-refractivity contribution in [3.05, 3.63) is 205 Å². The first-order valence-corrected chi connectivity index (χ1v) is 16.7. The molecule has 0 saturated carbocycles. The molecule has 0 amide bonds. The maximum atomic E-state index is 5.43. The van der Waals surface area contributed by atoms with E-state index in [1.165, 1.54) is 38.4 Å². The fourth-order valence-corrected chi connectivity index (χ4v) is 7.07. The molecule has 2 nitrogen and oxygen atoms in total. The summed E-state index contributed by atoms with van der Waals surface area (Å²) in [7, 11) is 0. The molecule has 0 unspecified atom stereocenters. The quantitative estimate of drug-likeness (QED) is 0.133. The molecule has 2 heteroatoms. The van der Waals surface area contributed by atoms with Crippen molar-refractivity contribution in [3.63, 3.8) is 0 Å². The second-order valence-corrected chi connectivity index (χ2v) is 12.4. The molecule has 0 aliphatic carbocycles. The molecule has 0 N–H and O–H groups in total. The minimum Gasteiger partial charge on any atom is -0.292 e. The van der Waals surface area contributed by atoms with Crippen LogP contribution in [0.25, 0.3) is 72.4 Å². The Labute approximate surface area is 285 Å². The third kappa shape index (κ3) is 5.21. The summed E-state index contributed by atoms with van der Waals surface area (Å²) in [5.74, 6) is 0.930. The highest BCUT2D eigenvalue weighted by Gasteiger charge is 2.20. The fourth-order valence-electron chi connectivity index (χ4n) is 7.07. The zero-order chi connectivity index (χ0) is 32.6. The van der Waals surface area contributed by atoms with Gasteiger partial charge in [-0.05, 0) is 68.4 Å². The van der Waals surface area contributed by atoms with Gasteiger partial charge in [0.2, 0.25) is 0 Å². The minimum atomic E-state index is 0.930. The van der Waals surface area contributed by atoms with Crippen LogP contribution in [0.4, 0.5) is 0 Å². The van der Waals surface area contributed by atoms with Crippen molar-refractivity contribution >= 4 is 44.2 Å². The topological polar surface area (TPSA) is 17.8 Å². The summed E-state index contributed by atoms with van der Waals surface area (Å²) in [5, 5.41) is 4.82. The molecule has 0 saturated heterocycles. The van der Waals surface area contributed by atoms with Gasteiger partial charge >= 0.3 is 0 Å². The number of aromatic nitrogens is 2. The predicted octanol–water partition coefficient (Wildman–Crippen LogP) is 12.3. The van der Waals surface area contributed by atoms with Crippen molar-refractivity contribution in [1.29, 1.82) is 0 Å². The van der Waals surface area contributed by atoms with Crippen LogP contribution in [-0.2, 0) is 0 Å². The first-order chi connectivity index (χ1) is 24.3. The number of fused-ring (bicyclic) bond motifs is 6. The number of hydrogen-bond donors (Lipinski definition) is 0. The maximum Gasteiger partial charge on any atom is 0.145 e. The third-order valence-electron chi connectivity index (χ3n) is 9.39. The van der Waals surface area contributed by atoms with E-state index in [9.17, 15) is 0 Å². The molecule has 9 rings (SSSR count). The summed E-state index contributed by atoms with van der Waals surface area (Å²) in [6.45, 7) is 0. The van der Waals surface area contributed by atoms with Gasteiger partial charge < -0.3 is 0 Å². The van der Waals surface area contributed by atoms with Gasteiger partial charge in [-0.2, -0.15) is 0 Å². The first-order valence-electron chi connectivity index (χ1n) is 16.7. The van der Waals surface area contributed by atoms with Crippen LogP contribution in [0.15, 0.2) is 188 Å². The van der Waals surface area contributed by atoms with E-state index in [1.807, 2.05) is 0 Å². The van der Waals surface area contributed by atoms with Gasteiger partial charge in [0.05, 0.1) is 11.0 Å². The summed E-state index contributed by atoms with van der Waals surface area (Å²) in [6.07, 6.45) is 2.28. The predicted molar refractivity (Wildman–Crippen MR) is 207 cm³/mol. The molecule has 0 spiro atoms. The SMILES string of the molecule is C(=C(c1ccccc1)c1ccccc1)c1ccc(-c2cccc(-c3nc4c5ccccc5c5ccccc5c4n3-c3ccccc3)c2)cc1. The smallest absolute Gasteiger partial charge is 0.145 e. The second-order valence-electron chi connectivity index (χ2n) is 12.4. The van der Waals surface area contributed by atoms with Gasteiger partial charge in [-0.25, -0.2) is 4.98 Å². The Bertz CT molecular complexity index is 2570. The molecule has 1 heterocycles. The van der Waals surface area contributed by atoms with Crippen LogP contribution in [-0.4, -0.2) is 9.55 Å². The van der Waals surface area contributed by atoms with Gasteiger partial charge in [0.1, 0.15) is 5.82 Å². The van der Waals surface area contributed by atoms with Gasteiger partial charge in [-0.15, -0.1) is 0 Å². The normalized spacial score (nSPS) is 11.3. The van der Waals surface area contributed by atoms with Crippen molar-refractivity contribution in [2.75, 3.05) is 0 Å². The molecule has 0 aliphatic rings. The number of benzene rings is 8. The summed E-state index contributed by atoms with van der Waals surface area (Å²) < 4.78 is 2.34. The van der Waals surface area contributed by atoms with Gasteiger partial charge in [-0.1, -0.05) is 170 Å². The van der Waals surface area contributed by atoms with Crippen LogP contribution in [0.1, 0.15) is 16.7 Å².